The van der Waals surface area contributed by atoms with E-state index in [4.69, 9.17) is 0 Å². The highest BCUT2D eigenvalue weighted by molar-refractivity contribution is 7.11. The minimum atomic E-state index is -0.924. The van der Waals surface area contributed by atoms with Gasteiger partial charge in [0.15, 0.2) is 0 Å². The summed E-state index contributed by atoms with van der Waals surface area (Å²) in [5, 5.41) is 11.0. The average Bonchev–Trinajstić information content (AvgIpc) is 2.58. The van der Waals surface area contributed by atoms with E-state index in [1.54, 1.807) is 18.2 Å². The van der Waals surface area contributed by atoms with E-state index in [2.05, 4.69) is 4.98 Å². The van der Waals surface area contributed by atoms with Crippen LogP contribution in [0.4, 0.5) is 4.39 Å². The van der Waals surface area contributed by atoms with Crippen molar-refractivity contribution in [2.45, 2.75) is 20.0 Å². The van der Waals surface area contributed by atoms with Gasteiger partial charge in [0, 0.05) is 5.56 Å². The van der Waals surface area contributed by atoms with Crippen molar-refractivity contribution in [1.82, 2.24) is 4.98 Å². The number of hydrogen-bond acceptors (Lipinski definition) is 3. The van der Waals surface area contributed by atoms with Crippen LogP contribution in [-0.4, -0.2) is 10.1 Å². The van der Waals surface area contributed by atoms with E-state index in [1.165, 1.54) is 17.4 Å². The minimum absolute atomic E-state index is 0.300. The lowest BCUT2D eigenvalue weighted by Crippen LogP contribution is -2.01. The van der Waals surface area contributed by atoms with E-state index in [-0.39, 0.29) is 5.82 Å². The Morgan fingerprint density at radius 2 is 2.00 bits per heavy atom. The first-order valence-electron chi connectivity index (χ1n) is 4.96. The fourth-order valence-electron chi connectivity index (χ4n) is 1.64. The number of thiazole rings is 1. The van der Waals surface area contributed by atoms with Crippen LogP contribution in [0.15, 0.2) is 24.3 Å². The summed E-state index contributed by atoms with van der Waals surface area (Å²) in [7, 11) is 0. The highest BCUT2D eigenvalue weighted by atomic mass is 32.1. The molecule has 0 amide bonds. The second-order valence-corrected chi connectivity index (χ2v) is 4.84. The van der Waals surface area contributed by atoms with Crippen molar-refractivity contribution in [3.8, 4) is 0 Å². The number of aliphatic hydroxyl groups is 1. The Balaban J connectivity index is 2.43. The van der Waals surface area contributed by atoms with Crippen LogP contribution in [0, 0.1) is 19.7 Å². The van der Waals surface area contributed by atoms with Gasteiger partial charge in [-0.15, -0.1) is 11.3 Å². The van der Waals surface area contributed by atoms with E-state index < -0.39 is 6.10 Å². The normalized spacial score (nSPS) is 12.8. The molecular weight excluding hydrogens is 225 g/mol. The zero-order valence-corrected chi connectivity index (χ0v) is 9.88. The number of aromatic nitrogens is 1. The summed E-state index contributed by atoms with van der Waals surface area (Å²) >= 11 is 1.40. The highest BCUT2D eigenvalue weighted by Gasteiger charge is 2.19. The third kappa shape index (κ3) is 1.99. The summed E-state index contributed by atoms with van der Waals surface area (Å²) in [6.45, 7) is 3.69. The summed E-state index contributed by atoms with van der Waals surface area (Å²) in [6.07, 6.45) is -0.924. The van der Waals surface area contributed by atoms with Gasteiger partial charge in [-0.3, -0.25) is 0 Å². The molecule has 1 N–H and O–H groups in total. The first-order chi connectivity index (χ1) is 7.59. The predicted octanol–water partition coefficient (Wildman–Crippen LogP) is 2.98. The molecule has 1 unspecified atom stereocenters. The Bertz CT molecular complexity index is 509. The van der Waals surface area contributed by atoms with E-state index >= 15 is 0 Å². The average molecular weight is 237 g/mol. The Kier molecular flexibility index (Phi) is 3.03. The Hall–Kier alpha value is -1.26. The second kappa shape index (κ2) is 4.31. The number of rotatable bonds is 2. The molecule has 0 aliphatic rings. The molecule has 0 fully saturated rings. The fraction of sp³-hybridized carbons (Fsp3) is 0.250. The molecule has 0 spiro atoms. The van der Waals surface area contributed by atoms with Gasteiger partial charge in [-0.2, -0.15) is 0 Å². The van der Waals surface area contributed by atoms with Crippen molar-refractivity contribution in [3.63, 3.8) is 0 Å². The SMILES string of the molecule is Cc1nc(C)c(C(O)c2ccccc2F)s1. The van der Waals surface area contributed by atoms with Gasteiger partial charge in [-0.1, -0.05) is 18.2 Å². The Morgan fingerprint density at radius 1 is 1.31 bits per heavy atom. The molecule has 2 rings (SSSR count). The molecule has 1 aromatic carbocycles. The number of hydrogen-bond donors (Lipinski definition) is 1. The van der Waals surface area contributed by atoms with Crippen LogP contribution in [0.25, 0.3) is 0 Å². The smallest absolute Gasteiger partial charge is 0.129 e. The molecule has 0 saturated carbocycles. The molecule has 1 aromatic heterocycles. The lowest BCUT2D eigenvalue weighted by molar-refractivity contribution is 0.218. The minimum Gasteiger partial charge on any atom is -0.383 e. The van der Waals surface area contributed by atoms with E-state index in [0.717, 1.165) is 10.7 Å². The lowest BCUT2D eigenvalue weighted by atomic mass is 10.1. The van der Waals surface area contributed by atoms with E-state index in [9.17, 15) is 9.50 Å². The molecule has 4 heteroatoms. The first-order valence-corrected chi connectivity index (χ1v) is 5.77. The topological polar surface area (TPSA) is 33.1 Å². The van der Waals surface area contributed by atoms with Gasteiger partial charge in [0.25, 0.3) is 0 Å². The van der Waals surface area contributed by atoms with Gasteiger partial charge >= 0.3 is 0 Å². The van der Waals surface area contributed by atoms with Gasteiger partial charge in [-0.05, 0) is 19.9 Å². The summed E-state index contributed by atoms with van der Waals surface area (Å²) in [5.74, 6) is -0.388. The standard InChI is InChI=1S/C12H12FNOS/c1-7-12(16-8(2)14-7)11(15)9-5-3-4-6-10(9)13/h3-6,11,15H,1-2H3. The molecule has 84 valence electrons. The zero-order valence-electron chi connectivity index (χ0n) is 9.07. The van der Waals surface area contributed by atoms with Crippen molar-refractivity contribution >= 4 is 11.3 Å². The molecule has 0 saturated heterocycles. The summed E-state index contributed by atoms with van der Waals surface area (Å²) < 4.78 is 13.5. The molecule has 2 nitrogen and oxygen atoms in total. The van der Waals surface area contributed by atoms with Crippen LogP contribution in [0.2, 0.25) is 0 Å². The molecule has 16 heavy (non-hydrogen) atoms. The Morgan fingerprint density at radius 3 is 2.56 bits per heavy atom. The number of aryl methyl sites for hydroxylation is 2. The maximum atomic E-state index is 13.5. The summed E-state index contributed by atoms with van der Waals surface area (Å²) in [6, 6.07) is 6.26. The predicted molar refractivity (Wildman–Crippen MR) is 62.0 cm³/mol. The largest absolute Gasteiger partial charge is 0.383 e. The van der Waals surface area contributed by atoms with Crippen molar-refractivity contribution in [2.24, 2.45) is 0 Å². The van der Waals surface area contributed by atoms with Crippen LogP contribution in [0.5, 0.6) is 0 Å². The van der Waals surface area contributed by atoms with Crippen molar-refractivity contribution in [2.75, 3.05) is 0 Å². The van der Waals surface area contributed by atoms with E-state index in [1.807, 2.05) is 13.8 Å². The highest BCUT2D eigenvalue weighted by Crippen LogP contribution is 2.30. The molecule has 0 aliphatic carbocycles. The van der Waals surface area contributed by atoms with Crippen molar-refractivity contribution in [1.29, 1.82) is 0 Å². The van der Waals surface area contributed by atoms with Gasteiger partial charge in [0.1, 0.15) is 11.9 Å². The van der Waals surface area contributed by atoms with Crippen molar-refractivity contribution < 1.29 is 9.50 Å². The summed E-state index contributed by atoms with van der Waals surface area (Å²) in [4.78, 5) is 4.93. The monoisotopic (exact) mass is 237 g/mol. The van der Waals surface area contributed by atoms with Crippen LogP contribution in [-0.2, 0) is 0 Å². The summed E-state index contributed by atoms with van der Waals surface area (Å²) in [5.41, 5.74) is 1.06. The Labute approximate surface area is 97.4 Å². The molecule has 0 bridgehead atoms. The van der Waals surface area contributed by atoms with Crippen LogP contribution in [0.3, 0.4) is 0 Å². The third-order valence-corrected chi connectivity index (χ3v) is 3.51. The molecular formula is C12H12FNOS. The van der Waals surface area contributed by atoms with Crippen LogP contribution < -0.4 is 0 Å². The maximum absolute atomic E-state index is 13.5. The van der Waals surface area contributed by atoms with Gasteiger partial charge in [0.2, 0.25) is 0 Å². The third-order valence-electron chi connectivity index (χ3n) is 2.39. The number of nitrogens with zero attached hydrogens (tertiary/aromatic N) is 1. The zero-order chi connectivity index (χ0) is 11.7. The molecule has 1 atom stereocenters. The molecule has 0 aliphatic heterocycles. The van der Waals surface area contributed by atoms with Gasteiger partial charge in [0.05, 0.1) is 15.6 Å². The fourth-order valence-corrected chi connectivity index (χ4v) is 2.57. The molecule has 1 heterocycles. The van der Waals surface area contributed by atoms with Crippen LogP contribution in [0.1, 0.15) is 27.2 Å². The quantitative estimate of drug-likeness (QED) is 0.871. The van der Waals surface area contributed by atoms with Gasteiger partial charge in [-0.25, -0.2) is 9.37 Å². The van der Waals surface area contributed by atoms with E-state index in [0.29, 0.717) is 10.4 Å². The van der Waals surface area contributed by atoms with Crippen LogP contribution >= 0.6 is 11.3 Å². The maximum Gasteiger partial charge on any atom is 0.129 e. The van der Waals surface area contributed by atoms with Crippen molar-refractivity contribution in [3.05, 3.63) is 51.2 Å². The number of halogens is 1. The number of benzene rings is 1. The number of aliphatic hydroxyl groups excluding tert-OH is 1. The first kappa shape index (κ1) is 11.2. The second-order valence-electron chi connectivity index (χ2n) is 3.61. The lowest BCUT2D eigenvalue weighted by Gasteiger charge is -2.10. The van der Waals surface area contributed by atoms with Gasteiger partial charge < -0.3 is 5.11 Å². The molecule has 2 aromatic rings. The molecule has 0 radical (unpaired) electrons.